The number of hydrogen-bond donors (Lipinski definition) is 0. The zero-order valence-corrected chi connectivity index (χ0v) is 5.70. The summed E-state index contributed by atoms with van der Waals surface area (Å²) < 4.78 is 8.77. The second-order valence-electron chi connectivity index (χ2n) is 1.68. The minimum atomic E-state index is -0.640. The van der Waals surface area contributed by atoms with E-state index in [1.54, 1.807) is 6.07 Å². The maximum atomic E-state index is 10.7. The summed E-state index contributed by atoms with van der Waals surface area (Å²) in [5, 5.41) is 11.5. The van der Waals surface area contributed by atoms with Gasteiger partial charge in [-0.25, -0.2) is 4.79 Å². The zero-order valence-electron chi connectivity index (χ0n) is 5.70. The minimum absolute atomic E-state index is 0.0606. The third-order valence-corrected chi connectivity index (χ3v) is 1.01. The Morgan fingerprint density at radius 1 is 1.91 bits per heavy atom. The van der Waals surface area contributed by atoms with Crippen LogP contribution in [0.15, 0.2) is 10.6 Å². The molecule has 0 unspecified atom stereocenters. The van der Waals surface area contributed by atoms with Crippen LogP contribution in [-0.4, -0.2) is 18.2 Å². The Hall–Kier alpha value is -1.83. The molecule has 0 aliphatic heterocycles. The second-order valence-corrected chi connectivity index (χ2v) is 1.68. The molecule has 0 aliphatic carbocycles. The molecule has 0 N–H and O–H groups in total. The number of esters is 1. The number of aromatic nitrogens is 1. The topological polar surface area (TPSA) is 76.1 Å². The molecule has 0 fully saturated rings. The van der Waals surface area contributed by atoms with E-state index in [1.165, 1.54) is 13.2 Å². The molecule has 0 saturated carbocycles. The first-order chi connectivity index (χ1) is 5.27. The Labute approximate surface area is 62.2 Å². The third-order valence-electron chi connectivity index (χ3n) is 1.01. The van der Waals surface area contributed by atoms with Gasteiger partial charge in [0.1, 0.15) is 6.07 Å². The lowest BCUT2D eigenvalue weighted by molar-refractivity contribution is 0.0554. The SMILES string of the molecule is COC(=O)c1cc(C#N)no1. The van der Waals surface area contributed by atoms with E-state index < -0.39 is 5.97 Å². The molecule has 11 heavy (non-hydrogen) atoms. The van der Waals surface area contributed by atoms with E-state index in [1.807, 2.05) is 0 Å². The average Bonchev–Trinajstić information content (AvgIpc) is 2.50. The van der Waals surface area contributed by atoms with Crippen molar-refractivity contribution >= 4 is 5.97 Å². The van der Waals surface area contributed by atoms with Crippen LogP contribution in [0.25, 0.3) is 0 Å². The largest absolute Gasteiger partial charge is 0.463 e. The van der Waals surface area contributed by atoms with Crippen LogP contribution in [0, 0.1) is 11.3 Å². The van der Waals surface area contributed by atoms with Gasteiger partial charge in [0, 0.05) is 6.07 Å². The molecule has 0 atom stereocenters. The van der Waals surface area contributed by atoms with Gasteiger partial charge in [0.2, 0.25) is 5.76 Å². The molecule has 1 aromatic rings. The molecule has 0 radical (unpaired) electrons. The van der Waals surface area contributed by atoms with E-state index in [2.05, 4.69) is 14.4 Å². The normalized spacial score (nSPS) is 8.73. The summed E-state index contributed by atoms with van der Waals surface area (Å²) in [6.07, 6.45) is 0. The molecule has 0 saturated heterocycles. The third kappa shape index (κ3) is 1.35. The number of ether oxygens (including phenoxy) is 1. The summed E-state index contributed by atoms with van der Waals surface area (Å²) in [5.74, 6) is -0.706. The fraction of sp³-hybridized carbons (Fsp3) is 0.167. The van der Waals surface area contributed by atoms with Crippen molar-refractivity contribution in [1.82, 2.24) is 5.16 Å². The van der Waals surface area contributed by atoms with Gasteiger partial charge in [-0.3, -0.25) is 0 Å². The first-order valence-corrected chi connectivity index (χ1v) is 2.73. The van der Waals surface area contributed by atoms with Gasteiger partial charge in [-0.1, -0.05) is 5.16 Å². The predicted molar refractivity (Wildman–Crippen MR) is 32.6 cm³/mol. The number of rotatable bonds is 1. The lowest BCUT2D eigenvalue weighted by atomic mass is 10.4. The monoisotopic (exact) mass is 152 g/mol. The summed E-state index contributed by atoms with van der Waals surface area (Å²) in [5.41, 5.74) is 0.0606. The molecule has 1 heterocycles. The summed E-state index contributed by atoms with van der Waals surface area (Å²) >= 11 is 0. The molecule has 5 heteroatoms. The number of carbonyl (C=O) groups is 1. The highest BCUT2D eigenvalue weighted by Crippen LogP contribution is 2.02. The molecule has 1 rings (SSSR count). The van der Waals surface area contributed by atoms with Crippen molar-refractivity contribution in [2.75, 3.05) is 7.11 Å². The van der Waals surface area contributed by atoms with Crippen molar-refractivity contribution in [3.8, 4) is 6.07 Å². The van der Waals surface area contributed by atoms with Crippen LogP contribution in [0.3, 0.4) is 0 Å². The molecular formula is C6H4N2O3. The predicted octanol–water partition coefficient (Wildman–Crippen LogP) is 0.333. The first kappa shape index (κ1) is 7.28. The number of nitriles is 1. The van der Waals surface area contributed by atoms with Crippen LogP contribution >= 0.6 is 0 Å². The summed E-state index contributed by atoms with van der Waals surface area (Å²) in [7, 11) is 1.22. The molecule has 0 aromatic carbocycles. The number of carbonyl (C=O) groups excluding carboxylic acids is 1. The number of nitrogens with zero attached hydrogens (tertiary/aromatic N) is 2. The van der Waals surface area contributed by atoms with Crippen LogP contribution in [0.5, 0.6) is 0 Å². The van der Waals surface area contributed by atoms with Crippen LogP contribution < -0.4 is 0 Å². The highest BCUT2D eigenvalue weighted by atomic mass is 16.5. The van der Waals surface area contributed by atoms with E-state index in [9.17, 15) is 4.79 Å². The smallest absolute Gasteiger partial charge is 0.376 e. The quantitative estimate of drug-likeness (QED) is 0.542. The van der Waals surface area contributed by atoms with Crippen LogP contribution in [0.2, 0.25) is 0 Å². The standard InChI is InChI=1S/C6H4N2O3/c1-10-6(9)5-2-4(3-7)8-11-5/h2H,1H3. The Morgan fingerprint density at radius 2 is 2.64 bits per heavy atom. The van der Waals surface area contributed by atoms with Gasteiger partial charge in [0.15, 0.2) is 5.69 Å². The Morgan fingerprint density at radius 3 is 3.09 bits per heavy atom. The highest BCUT2D eigenvalue weighted by molar-refractivity contribution is 5.86. The van der Waals surface area contributed by atoms with Crippen molar-refractivity contribution in [3.05, 3.63) is 17.5 Å². The van der Waals surface area contributed by atoms with E-state index in [-0.39, 0.29) is 11.5 Å². The Bertz CT molecular complexity index is 310. The fourth-order valence-electron chi connectivity index (χ4n) is 0.525. The van der Waals surface area contributed by atoms with E-state index in [0.29, 0.717) is 0 Å². The molecule has 1 aromatic heterocycles. The van der Waals surface area contributed by atoms with Crippen molar-refractivity contribution < 1.29 is 14.1 Å². The first-order valence-electron chi connectivity index (χ1n) is 2.73. The van der Waals surface area contributed by atoms with Gasteiger partial charge in [-0.05, 0) is 0 Å². The maximum Gasteiger partial charge on any atom is 0.376 e. The Balaban J connectivity index is 2.91. The molecule has 0 bridgehead atoms. The van der Waals surface area contributed by atoms with Crippen molar-refractivity contribution in [3.63, 3.8) is 0 Å². The summed E-state index contributed by atoms with van der Waals surface area (Å²) in [4.78, 5) is 10.7. The summed E-state index contributed by atoms with van der Waals surface area (Å²) in [6.45, 7) is 0. The van der Waals surface area contributed by atoms with Crippen LogP contribution in [0.1, 0.15) is 16.2 Å². The average molecular weight is 152 g/mol. The maximum absolute atomic E-state index is 10.7. The van der Waals surface area contributed by atoms with Crippen LogP contribution in [-0.2, 0) is 4.74 Å². The van der Waals surface area contributed by atoms with Crippen LogP contribution in [0.4, 0.5) is 0 Å². The molecule has 5 nitrogen and oxygen atoms in total. The van der Waals surface area contributed by atoms with Gasteiger partial charge in [-0.15, -0.1) is 0 Å². The van der Waals surface area contributed by atoms with E-state index in [0.717, 1.165) is 0 Å². The van der Waals surface area contributed by atoms with Crippen molar-refractivity contribution in [1.29, 1.82) is 5.26 Å². The van der Waals surface area contributed by atoms with Gasteiger partial charge in [-0.2, -0.15) is 5.26 Å². The second kappa shape index (κ2) is 2.84. The van der Waals surface area contributed by atoms with Gasteiger partial charge >= 0.3 is 5.97 Å². The lowest BCUT2D eigenvalue weighted by Crippen LogP contribution is -1.98. The molecule has 0 amide bonds. The van der Waals surface area contributed by atoms with E-state index >= 15 is 0 Å². The van der Waals surface area contributed by atoms with Crippen molar-refractivity contribution in [2.45, 2.75) is 0 Å². The lowest BCUT2D eigenvalue weighted by Gasteiger charge is -1.88. The Kier molecular flexibility index (Phi) is 1.88. The molecular weight excluding hydrogens is 148 g/mol. The molecule has 56 valence electrons. The molecule has 0 spiro atoms. The number of methoxy groups -OCH3 is 1. The zero-order chi connectivity index (χ0) is 8.27. The van der Waals surface area contributed by atoms with Gasteiger partial charge in [0.25, 0.3) is 0 Å². The summed E-state index contributed by atoms with van der Waals surface area (Å²) in [6, 6.07) is 2.93. The van der Waals surface area contributed by atoms with Gasteiger partial charge < -0.3 is 9.26 Å². The van der Waals surface area contributed by atoms with E-state index in [4.69, 9.17) is 5.26 Å². The highest BCUT2D eigenvalue weighted by Gasteiger charge is 2.11. The minimum Gasteiger partial charge on any atom is -0.463 e. The van der Waals surface area contributed by atoms with Gasteiger partial charge in [0.05, 0.1) is 7.11 Å². The van der Waals surface area contributed by atoms with Crippen molar-refractivity contribution in [2.24, 2.45) is 0 Å². The molecule has 0 aliphatic rings. The number of hydrogen-bond acceptors (Lipinski definition) is 5. The fourth-order valence-corrected chi connectivity index (χ4v) is 0.525.